The standard InChI is InChI=1S/C28H28ClN7/c1-33(2)23-13-7-20(8-14-23)19-34-15-17-35(18-16-34)28-30-25-6-4-3-5-24(25)27-32-31-26(36(27)28)21-9-11-22(29)12-10-21/h3-14H,15-19H2,1-2H3. The average Bonchev–Trinajstić information content (AvgIpc) is 3.35. The van der Waals surface area contributed by atoms with Crippen LogP contribution in [0.5, 0.6) is 0 Å². The van der Waals surface area contributed by atoms with E-state index in [-0.39, 0.29) is 0 Å². The predicted octanol–water partition coefficient (Wildman–Crippen LogP) is 4.99. The number of rotatable bonds is 5. The van der Waals surface area contributed by atoms with E-state index < -0.39 is 0 Å². The predicted molar refractivity (Wildman–Crippen MR) is 147 cm³/mol. The van der Waals surface area contributed by atoms with Crippen LogP contribution in [-0.2, 0) is 6.54 Å². The Labute approximate surface area is 215 Å². The Hall–Kier alpha value is -3.68. The monoisotopic (exact) mass is 497 g/mol. The second kappa shape index (κ2) is 9.41. The summed E-state index contributed by atoms with van der Waals surface area (Å²) in [5.41, 5.74) is 5.27. The maximum atomic E-state index is 6.15. The fourth-order valence-electron chi connectivity index (χ4n) is 4.83. The number of benzene rings is 3. The molecule has 182 valence electrons. The van der Waals surface area contributed by atoms with Gasteiger partial charge in [-0.1, -0.05) is 35.9 Å². The van der Waals surface area contributed by atoms with Crippen LogP contribution in [0.1, 0.15) is 5.56 Å². The average molecular weight is 498 g/mol. The van der Waals surface area contributed by atoms with Crippen LogP contribution < -0.4 is 9.80 Å². The van der Waals surface area contributed by atoms with Crippen molar-refractivity contribution in [3.8, 4) is 11.4 Å². The Balaban J connectivity index is 1.30. The number of para-hydroxylation sites is 1. The van der Waals surface area contributed by atoms with E-state index in [2.05, 4.69) is 73.7 Å². The van der Waals surface area contributed by atoms with E-state index in [1.807, 2.05) is 42.5 Å². The normalized spacial score (nSPS) is 14.6. The lowest BCUT2D eigenvalue weighted by atomic mass is 10.1. The molecule has 0 amide bonds. The molecule has 0 N–H and O–H groups in total. The van der Waals surface area contributed by atoms with Crippen molar-refractivity contribution < 1.29 is 0 Å². The zero-order valence-electron chi connectivity index (χ0n) is 20.5. The Morgan fingerprint density at radius 2 is 1.56 bits per heavy atom. The van der Waals surface area contributed by atoms with Crippen molar-refractivity contribution in [2.75, 3.05) is 50.1 Å². The molecule has 1 aliphatic rings. The molecule has 0 aliphatic carbocycles. The summed E-state index contributed by atoms with van der Waals surface area (Å²) in [5, 5.41) is 10.9. The fourth-order valence-corrected chi connectivity index (χ4v) is 4.95. The van der Waals surface area contributed by atoms with E-state index in [4.69, 9.17) is 16.6 Å². The van der Waals surface area contributed by atoms with E-state index >= 15 is 0 Å². The Bertz CT molecular complexity index is 1500. The number of piperazine rings is 1. The van der Waals surface area contributed by atoms with Crippen LogP contribution in [0.2, 0.25) is 5.02 Å². The first-order valence-corrected chi connectivity index (χ1v) is 12.6. The van der Waals surface area contributed by atoms with Gasteiger partial charge in [0.25, 0.3) is 0 Å². The van der Waals surface area contributed by atoms with Gasteiger partial charge in [0.05, 0.1) is 5.52 Å². The van der Waals surface area contributed by atoms with Crippen LogP contribution in [0, 0.1) is 0 Å². The summed E-state index contributed by atoms with van der Waals surface area (Å²) >= 11 is 6.15. The van der Waals surface area contributed by atoms with Crippen LogP contribution in [0.3, 0.4) is 0 Å². The number of hydrogen-bond donors (Lipinski definition) is 0. The van der Waals surface area contributed by atoms with Crippen molar-refractivity contribution in [1.82, 2.24) is 24.5 Å². The maximum absolute atomic E-state index is 6.15. The first-order chi connectivity index (χ1) is 17.6. The molecule has 36 heavy (non-hydrogen) atoms. The summed E-state index contributed by atoms with van der Waals surface area (Å²) in [6, 6.07) is 24.7. The molecule has 2 aromatic heterocycles. The Morgan fingerprint density at radius 3 is 2.28 bits per heavy atom. The van der Waals surface area contributed by atoms with Crippen molar-refractivity contribution in [3.63, 3.8) is 0 Å². The number of hydrogen-bond acceptors (Lipinski definition) is 6. The highest BCUT2D eigenvalue weighted by Crippen LogP contribution is 2.29. The van der Waals surface area contributed by atoms with Crippen molar-refractivity contribution in [1.29, 1.82) is 0 Å². The molecule has 5 aromatic rings. The fraction of sp³-hybridized carbons (Fsp3) is 0.250. The molecule has 0 radical (unpaired) electrons. The van der Waals surface area contributed by atoms with Gasteiger partial charge in [0.15, 0.2) is 11.5 Å². The molecule has 0 spiro atoms. The first-order valence-electron chi connectivity index (χ1n) is 12.2. The van der Waals surface area contributed by atoms with Gasteiger partial charge in [-0.3, -0.25) is 4.90 Å². The minimum absolute atomic E-state index is 0.698. The van der Waals surface area contributed by atoms with Crippen molar-refractivity contribution >= 4 is 39.8 Å². The van der Waals surface area contributed by atoms with E-state index in [1.165, 1.54) is 11.3 Å². The first kappa shape index (κ1) is 22.8. The molecule has 3 aromatic carbocycles. The highest BCUT2D eigenvalue weighted by Gasteiger charge is 2.24. The zero-order chi connectivity index (χ0) is 24.6. The van der Waals surface area contributed by atoms with Crippen LogP contribution in [0.15, 0.2) is 72.8 Å². The summed E-state index contributed by atoms with van der Waals surface area (Å²) in [5.74, 6) is 1.66. The lowest BCUT2D eigenvalue weighted by molar-refractivity contribution is 0.248. The van der Waals surface area contributed by atoms with Gasteiger partial charge in [-0.05, 0) is 54.1 Å². The lowest BCUT2D eigenvalue weighted by Crippen LogP contribution is -2.46. The third-order valence-corrected chi connectivity index (χ3v) is 7.10. The number of nitrogens with zero attached hydrogens (tertiary/aromatic N) is 7. The molecule has 3 heterocycles. The quantitative estimate of drug-likeness (QED) is 0.341. The molecule has 1 aliphatic heterocycles. The zero-order valence-corrected chi connectivity index (χ0v) is 21.2. The van der Waals surface area contributed by atoms with Crippen LogP contribution >= 0.6 is 11.6 Å². The highest BCUT2D eigenvalue weighted by atomic mass is 35.5. The topological polar surface area (TPSA) is 52.8 Å². The molecule has 1 fully saturated rings. The lowest BCUT2D eigenvalue weighted by Gasteiger charge is -2.35. The second-order valence-corrected chi connectivity index (χ2v) is 9.88. The molecule has 0 atom stereocenters. The summed E-state index contributed by atoms with van der Waals surface area (Å²) in [6.07, 6.45) is 0. The van der Waals surface area contributed by atoms with E-state index in [0.29, 0.717) is 5.02 Å². The molecular weight excluding hydrogens is 470 g/mol. The molecule has 8 heteroatoms. The summed E-state index contributed by atoms with van der Waals surface area (Å²) in [6.45, 7) is 4.64. The SMILES string of the molecule is CN(C)c1ccc(CN2CCN(c3nc4ccccc4c4nnc(-c5ccc(Cl)cc5)n34)CC2)cc1. The van der Waals surface area contributed by atoms with E-state index in [0.717, 1.165) is 66.6 Å². The third kappa shape index (κ3) is 4.25. The summed E-state index contributed by atoms with van der Waals surface area (Å²) < 4.78 is 2.10. The van der Waals surface area contributed by atoms with Crippen LogP contribution in [-0.4, -0.2) is 64.8 Å². The van der Waals surface area contributed by atoms with Gasteiger partial charge >= 0.3 is 0 Å². The Kier molecular flexibility index (Phi) is 5.95. The molecular formula is C28H28ClN7. The number of anilines is 2. The minimum Gasteiger partial charge on any atom is -0.378 e. The molecule has 1 saturated heterocycles. The smallest absolute Gasteiger partial charge is 0.213 e. The van der Waals surface area contributed by atoms with Crippen LogP contribution in [0.4, 0.5) is 11.6 Å². The van der Waals surface area contributed by atoms with Gasteiger partial charge in [0.2, 0.25) is 5.95 Å². The number of halogens is 1. The number of aromatic nitrogens is 4. The van der Waals surface area contributed by atoms with Crippen LogP contribution in [0.25, 0.3) is 27.9 Å². The maximum Gasteiger partial charge on any atom is 0.213 e. The van der Waals surface area contributed by atoms with Gasteiger partial charge in [0.1, 0.15) is 0 Å². The largest absolute Gasteiger partial charge is 0.378 e. The molecule has 6 rings (SSSR count). The van der Waals surface area contributed by atoms with Crippen molar-refractivity contribution in [2.24, 2.45) is 0 Å². The van der Waals surface area contributed by atoms with Gasteiger partial charge in [-0.2, -0.15) is 0 Å². The van der Waals surface area contributed by atoms with Gasteiger partial charge in [-0.25, -0.2) is 9.38 Å². The Morgan fingerprint density at radius 1 is 0.833 bits per heavy atom. The molecule has 0 unspecified atom stereocenters. The molecule has 0 bridgehead atoms. The summed E-state index contributed by atoms with van der Waals surface area (Å²) in [7, 11) is 4.14. The second-order valence-electron chi connectivity index (χ2n) is 9.44. The van der Waals surface area contributed by atoms with E-state index in [9.17, 15) is 0 Å². The molecule has 7 nitrogen and oxygen atoms in total. The van der Waals surface area contributed by atoms with E-state index in [1.54, 1.807) is 0 Å². The number of fused-ring (bicyclic) bond motifs is 3. The van der Waals surface area contributed by atoms with Gasteiger partial charge in [-0.15, -0.1) is 10.2 Å². The third-order valence-electron chi connectivity index (χ3n) is 6.84. The highest BCUT2D eigenvalue weighted by molar-refractivity contribution is 6.30. The minimum atomic E-state index is 0.698. The van der Waals surface area contributed by atoms with Gasteiger partial charge < -0.3 is 9.80 Å². The molecule has 0 saturated carbocycles. The summed E-state index contributed by atoms with van der Waals surface area (Å²) in [4.78, 5) is 12.1. The van der Waals surface area contributed by atoms with Gasteiger partial charge in [0, 0.05) is 68.5 Å². The van der Waals surface area contributed by atoms with Crippen molar-refractivity contribution in [3.05, 3.63) is 83.4 Å². The van der Waals surface area contributed by atoms with Crippen molar-refractivity contribution in [2.45, 2.75) is 6.54 Å².